The van der Waals surface area contributed by atoms with E-state index in [1.165, 1.54) is 12.4 Å². The van der Waals surface area contributed by atoms with E-state index in [2.05, 4.69) is 15.6 Å². The molecule has 1 aliphatic rings. The number of halogens is 2. The molecule has 0 bridgehead atoms. The molecule has 0 spiro atoms. The van der Waals surface area contributed by atoms with Gasteiger partial charge in [0, 0.05) is 23.6 Å². The Balaban J connectivity index is 1.71. The Morgan fingerprint density at radius 2 is 1.77 bits per heavy atom. The molecule has 1 atom stereocenters. The van der Waals surface area contributed by atoms with Crippen molar-refractivity contribution in [2.75, 3.05) is 16.4 Å². The third-order valence-electron chi connectivity index (χ3n) is 3.96. The van der Waals surface area contributed by atoms with E-state index in [1.807, 2.05) is 0 Å². The highest BCUT2D eigenvalue weighted by Gasteiger charge is 2.22. The second-order valence-electron chi connectivity index (χ2n) is 5.85. The van der Waals surface area contributed by atoms with Gasteiger partial charge in [-0.3, -0.25) is 14.6 Å². The van der Waals surface area contributed by atoms with Crippen molar-refractivity contribution in [3.63, 3.8) is 0 Å². The van der Waals surface area contributed by atoms with Crippen LogP contribution in [0.1, 0.15) is 29.6 Å². The van der Waals surface area contributed by atoms with Crippen molar-refractivity contribution in [2.24, 2.45) is 0 Å². The van der Waals surface area contributed by atoms with Crippen LogP contribution in [0.3, 0.4) is 0 Å². The lowest BCUT2D eigenvalue weighted by molar-refractivity contribution is -0.115. The molecule has 2 aromatic rings. The lowest BCUT2D eigenvalue weighted by atomic mass is 10.1. The fraction of sp³-hybridized carbons (Fsp3) is 0.278. The largest absolute Gasteiger partial charge is 0.325 e. The number of carbonyl (C=O) groups is 2. The second kappa shape index (κ2) is 8.75. The van der Waals surface area contributed by atoms with Crippen LogP contribution in [0, 0.1) is 0 Å². The highest BCUT2D eigenvalue weighted by atomic mass is 35.5. The Bertz CT molecular complexity index is 788. The minimum atomic E-state index is -0.341. The number of anilines is 2. The van der Waals surface area contributed by atoms with Crippen LogP contribution >= 0.6 is 35.0 Å². The van der Waals surface area contributed by atoms with Crippen molar-refractivity contribution >= 4 is 58.2 Å². The van der Waals surface area contributed by atoms with Gasteiger partial charge >= 0.3 is 0 Å². The molecular weight excluding hydrogens is 393 g/mol. The first kappa shape index (κ1) is 19.0. The Kier molecular flexibility index (Phi) is 6.40. The molecule has 2 heterocycles. The lowest BCUT2D eigenvalue weighted by Crippen LogP contribution is -2.27. The van der Waals surface area contributed by atoms with E-state index < -0.39 is 0 Å². The van der Waals surface area contributed by atoms with Gasteiger partial charge in [-0.05, 0) is 42.9 Å². The van der Waals surface area contributed by atoms with Gasteiger partial charge in [-0.1, -0.05) is 29.6 Å². The fourth-order valence-corrected chi connectivity index (χ4v) is 4.40. The third-order valence-corrected chi connectivity index (χ3v) is 5.94. The highest BCUT2D eigenvalue weighted by Crippen LogP contribution is 2.35. The summed E-state index contributed by atoms with van der Waals surface area (Å²) in [7, 11) is 0. The van der Waals surface area contributed by atoms with Gasteiger partial charge in [0.1, 0.15) is 0 Å². The Morgan fingerprint density at radius 3 is 2.38 bits per heavy atom. The van der Waals surface area contributed by atoms with Gasteiger partial charge in [0.15, 0.2) is 0 Å². The number of pyridine rings is 1. The molecule has 136 valence electrons. The molecule has 1 aliphatic heterocycles. The molecule has 0 radical (unpaired) electrons. The Labute approximate surface area is 165 Å². The normalized spacial score (nSPS) is 16.8. The van der Waals surface area contributed by atoms with Gasteiger partial charge < -0.3 is 10.6 Å². The maximum absolute atomic E-state index is 12.3. The number of hydrogen-bond donors (Lipinski definition) is 2. The number of thioether (sulfide) groups is 1. The highest BCUT2D eigenvalue weighted by molar-refractivity contribution is 8.00. The van der Waals surface area contributed by atoms with Crippen LogP contribution in [-0.4, -0.2) is 27.8 Å². The summed E-state index contributed by atoms with van der Waals surface area (Å²) in [6, 6.07) is 6.35. The van der Waals surface area contributed by atoms with Gasteiger partial charge in [0.2, 0.25) is 5.91 Å². The summed E-state index contributed by atoms with van der Waals surface area (Å²) in [5, 5.41) is 6.01. The number of carbonyl (C=O) groups excluding carboxylic acids is 2. The van der Waals surface area contributed by atoms with Crippen LogP contribution in [-0.2, 0) is 4.79 Å². The molecule has 1 saturated heterocycles. The smallest absolute Gasteiger partial charge is 0.255 e. The van der Waals surface area contributed by atoms with Crippen molar-refractivity contribution < 1.29 is 9.59 Å². The number of amides is 2. The van der Waals surface area contributed by atoms with Gasteiger partial charge in [0.25, 0.3) is 5.91 Å². The summed E-state index contributed by atoms with van der Waals surface area (Å²) >= 11 is 14.2. The van der Waals surface area contributed by atoms with Crippen LogP contribution in [0.2, 0.25) is 10.0 Å². The third kappa shape index (κ3) is 4.69. The molecule has 26 heavy (non-hydrogen) atoms. The maximum Gasteiger partial charge on any atom is 0.255 e. The van der Waals surface area contributed by atoms with Gasteiger partial charge in [-0.15, -0.1) is 11.8 Å². The fourth-order valence-electron chi connectivity index (χ4n) is 2.62. The van der Waals surface area contributed by atoms with Crippen LogP contribution < -0.4 is 10.6 Å². The monoisotopic (exact) mass is 409 g/mol. The molecule has 5 nitrogen and oxygen atoms in total. The number of nitrogens with one attached hydrogen (secondary N) is 2. The summed E-state index contributed by atoms with van der Waals surface area (Å²) in [5.74, 6) is 0.613. The summed E-state index contributed by atoms with van der Waals surface area (Å²) in [6.45, 7) is 0. The SMILES string of the molecule is O=C(Nc1c(Cl)cc(NC(=O)C2CCCCS2)cc1Cl)c1ccncc1. The zero-order valence-corrected chi connectivity index (χ0v) is 16.1. The van der Waals surface area contributed by atoms with E-state index in [9.17, 15) is 9.59 Å². The quantitative estimate of drug-likeness (QED) is 0.755. The van der Waals surface area contributed by atoms with E-state index in [0.29, 0.717) is 16.9 Å². The first-order valence-corrected chi connectivity index (χ1v) is 9.98. The van der Waals surface area contributed by atoms with Crippen LogP contribution in [0.5, 0.6) is 0 Å². The summed E-state index contributed by atoms with van der Waals surface area (Å²) in [4.78, 5) is 28.5. The molecule has 0 aliphatic carbocycles. The first-order valence-electron chi connectivity index (χ1n) is 8.17. The topological polar surface area (TPSA) is 71.1 Å². The molecule has 0 saturated carbocycles. The van der Waals surface area contributed by atoms with Crippen molar-refractivity contribution in [1.29, 1.82) is 0 Å². The van der Waals surface area contributed by atoms with Crippen molar-refractivity contribution in [2.45, 2.75) is 24.5 Å². The number of nitrogens with zero attached hydrogens (tertiary/aromatic N) is 1. The van der Waals surface area contributed by atoms with Crippen LogP contribution in [0.4, 0.5) is 11.4 Å². The molecule has 1 fully saturated rings. The molecule has 1 aromatic heterocycles. The molecule has 2 amide bonds. The summed E-state index contributed by atoms with van der Waals surface area (Å²) in [6.07, 6.45) is 6.14. The molecular formula is C18H17Cl2N3O2S. The van der Waals surface area contributed by atoms with E-state index in [1.54, 1.807) is 36.0 Å². The van der Waals surface area contributed by atoms with Gasteiger partial charge in [-0.25, -0.2) is 0 Å². The van der Waals surface area contributed by atoms with Crippen molar-refractivity contribution in [1.82, 2.24) is 4.98 Å². The average molecular weight is 410 g/mol. The van der Waals surface area contributed by atoms with E-state index in [-0.39, 0.29) is 27.1 Å². The summed E-state index contributed by atoms with van der Waals surface area (Å²) < 4.78 is 0. The van der Waals surface area contributed by atoms with E-state index in [4.69, 9.17) is 23.2 Å². The van der Waals surface area contributed by atoms with E-state index in [0.717, 1.165) is 25.0 Å². The van der Waals surface area contributed by atoms with Crippen molar-refractivity contribution in [3.05, 3.63) is 52.3 Å². The standard InChI is InChI=1S/C18H17Cl2N3O2S/c19-13-9-12(22-18(25)15-3-1-2-8-26-15)10-14(20)16(13)23-17(24)11-4-6-21-7-5-11/h4-7,9-10,15H,1-3,8H2,(H,22,25)(H,23,24). The molecule has 2 N–H and O–H groups in total. The zero-order valence-electron chi connectivity index (χ0n) is 13.8. The Morgan fingerprint density at radius 1 is 1.08 bits per heavy atom. The number of aromatic nitrogens is 1. The minimum absolute atomic E-state index is 0.0459. The van der Waals surface area contributed by atoms with Gasteiger partial charge in [-0.2, -0.15) is 0 Å². The van der Waals surface area contributed by atoms with Crippen LogP contribution in [0.25, 0.3) is 0 Å². The predicted molar refractivity (Wildman–Crippen MR) is 107 cm³/mol. The van der Waals surface area contributed by atoms with Crippen LogP contribution in [0.15, 0.2) is 36.7 Å². The predicted octanol–water partition coefficient (Wildman–Crippen LogP) is 4.86. The number of benzene rings is 1. The Hall–Kier alpha value is -1.76. The van der Waals surface area contributed by atoms with E-state index >= 15 is 0 Å². The maximum atomic E-state index is 12.3. The summed E-state index contributed by atoms with van der Waals surface area (Å²) in [5.41, 5.74) is 1.26. The number of rotatable bonds is 4. The molecule has 3 rings (SSSR count). The minimum Gasteiger partial charge on any atom is -0.325 e. The zero-order chi connectivity index (χ0) is 18.5. The second-order valence-corrected chi connectivity index (χ2v) is 7.97. The van der Waals surface area contributed by atoms with Crippen molar-refractivity contribution in [3.8, 4) is 0 Å². The number of hydrogen-bond acceptors (Lipinski definition) is 4. The van der Waals surface area contributed by atoms with Gasteiger partial charge in [0.05, 0.1) is 21.0 Å². The molecule has 1 unspecified atom stereocenters. The first-order chi connectivity index (χ1) is 12.5. The molecule has 1 aromatic carbocycles. The lowest BCUT2D eigenvalue weighted by Gasteiger charge is -2.20. The molecule has 8 heteroatoms. The average Bonchev–Trinajstić information content (AvgIpc) is 2.66.